The Morgan fingerprint density at radius 3 is 2.89 bits per heavy atom. The van der Waals surface area contributed by atoms with Gasteiger partial charge < -0.3 is 25.4 Å². The number of para-hydroxylation sites is 1. The Kier molecular flexibility index (Phi) is 9.49. The van der Waals surface area contributed by atoms with Gasteiger partial charge in [0.2, 0.25) is 0 Å². The lowest BCUT2D eigenvalue weighted by atomic mass is 10.1. The lowest BCUT2D eigenvalue weighted by Gasteiger charge is -2.26. The van der Waals surface area contributed by atoms with Crippen LogP contribution in [0.25, 0.3) is 10.2 Å². The fourth-order valence-electron chi connectivity index (χ4n) is 4.53. The van der Waals surface area contributed by atoms with Gasteiger partial charge >= 0.3 is 5.97 Å². The number of thiazole rings is 1. The Labute approximate surface area is 217 Å². The number of anilines is 2. The molecule has 0 radical (unpaired) electrons. The molecule has 3 heterocycles. The van der Waals surface area contributed by atoms with Gasteiger partial charge in [-0.2, -0.15) is 0 Å². The first-order chi connectivity index (χ1) is 17.5. The molecule has 9 heteroatoms. The van der Waals surface area contributed by atoms with Crippen LogP contribution in [0.4, 0.5) is 10.9 Å². The van der Waals surface area contributed by atoms with Crippen molar-refractivity contribution in [1.29, 1.82) is 0 Å². The molecule has 0 amide bonds. The monoisotopic (exact) mass is 511 g/mol. The van der Waals surface area contributed by atoms with Crippen molar-refractivity contribution < 1.29 is 14.6 Å². The van der Waals surface area contributed by atoms with Crippen LogP contribution in [0.1, 0.15) is 43.9 Å². The van der Waals surface area contributed by atoms with Gasteiger partial charge in [-0.1, -0.05) is 29.5 Å². The molecule has 0 saturated carbocycles. The van der Waals surface area contributed by atoms with Gasteiger partial charge in [-0.05, 0) is 75.8 Å². The maximum absolute atomic E-state index is 12.0. The van der Waals surface area contributed by atoms with Crippen LogP contribution in [-0.4, -0.2) is 71.4 Å². The van der Waals surface area contributed by atoms with Gasteiger partial charge in [0.25, 0.3) is 0 Å². The van der Waals surface area contributed by atoms with E-state index >= 15 is 0 Å². The number of carboxylic acid groups (broad SMARTS) is 1. The molecule has 8 nitrogen and oxygen atoms in total. The molecule has 2 atom stereocenters. The molecule has 1 aliphatic heterocycles. The molecule has 36 heavy (non-hydrogen) atoms. The number of benzene rings is 1. The summed E-state index contributed by atoms with van der Waals surface area (Å²) in [5.74, 6) is 0.190. The van der Waals surface area contributed by atoms with Crippen molar-refractivity contribution in [3.8, 4) is 0 Å². The molecule has 2 unspecified atom stereocenters. The van der Waals surface area contributed by atoms with Gasteiger partial charge in [0.15, 0.2) is 5.13 Å². The van der Waals surface area contributed by atoms with E-state index < -0.39 is 12.0 Å². The molecule has 0 spiro atoms. The zero-order valence-corrected chi connectivity index (χ0v) is 22.0. The highest BCUT2D eigenvalue weighted by Gasteiger charge is 2.21. The second-order valence-corrected chi connectivity index (χ2v) is 10.5. The highest BCUT2D eigenvalue weighted by atomic mass is 32.1. The van der Waals surface area contributed by atoms with Crippen LogP contribution in [-0.2, 0) is 22.4 Å². The summed E-state index contributed by atoms with van der Waals surface area (Å²) in [7, 11) is 1.72. The third-order valence-corrected chi connectivity index (χ3v) is 7.62. The first-order valence-corrected chi connectivity index (χ1v) is 13.7. The molecule has 3 N–H and O–H groups in total. The number of unbranched alkanes of at least 4 members (excludes halogenated alkanes) is 1. The molecule has 1 aliphatic rings. The highest BCUT2D eigenvalue weighted by molar-refractivity contribution is 7.22. The molecule has 0 saturated heterocycles. The minimum Gasteiger partial charge on any atom is -0.480 e. The van der Waals surface area contributed by atoms with Gasteiger partial charge in [-0.3, -0.25) is 0 Å². The number of hydrogen-bond donors (Lipinski definition) is 3. The number of ether oxygens (including phenoxy) is 1. The Morgan fingerprint density at radius 2 is 2.08 bits per heavy atom. The summed E-state index contributed by atoms with van der Waals surface area (Å²) in [5, 5.41) is 17.0. The molecule has 2 aromatic heterocycles. The largest absolute Gasteiger partial charge is 0.480 e. The molecule has 0 bridgehead atoms. The minimum absolute atomic E-state index is 0.0823. The number of rotatable bonds is 14. The van der Waals surface area contributed by atoms with Gasteiger partial charge in [0.05, 0.1) is 16.3 Å². The zero-order chi connectivity index (χ0) is 25.3. The van der Waals surface area contributed by atoms with Gasteiger partial charge in [-0.15, -0.1) is 0 Å². The zero-order valence-electron chi connectivity index (χ0n) is 21.2. The quantitative estimate of drug-likeness (QED) is 0.269. The molecule has 3 aromatic rings. The van der Waals surface area contributed by atoms with Gasteiger partial charge in [0, 0.05) is 32.4 Å². The number of fused-ring (bicyclic) bond motifs is 2. The van der Waals surface area contributed by atoms with E-state index in [1.54, 1.807) is 7.11 Å². The number of carbonyl (C=O) groups is 1. The molecule has 0 fully saturated rings. The van der Waals surface area contributed by atoms with Crippen LogP contribution in [0, 0.1) is 0 Å². The van der Waals surface area contributed by atoms with E-state index in [0.29, 0.717) is 18.1 Å². The summed E-state index contributed by atoms with van der Waals surface area (Å²) in [4.78, 5) is 23.6. The second-order valence-electron chi connectivity index (χ2n) is 9.46. The Bertz CT molecular complexity index is 1100. The number of hydrogen-bond acceptors (Lipinski definition) is 8. The molecule has 0 aliphatic carbocycles. The Balaban J connectivity index is 1.29. The van der Waals surface area contributed by atoms with Crippen molar-refractivity contribution in [2.24, 2.45) is 0 Å². The predicted molar refractivity (Wildman–Crippen MR) is 146 cm³/mol. The van der Waals surface area contributed by atoms with E-state index in [9.17, 15) is 9.90 Å². The average molecular weight is 512 g/mol. The number of nitrogens with one attached hydrogen (secondary N) is 2. The average Bonchev–Trinajstić information content (AvgIpc) is 3.30. The molecular formula is C27H37N5O3S. The minimum atomic E-state index is -0.860. The van der Waals surface area contributed by atoms with E-state index in [2.05, 4.69) is 32.7 Å². The van der Waals surface area contributed by atoms with Crippen LogP contribution >= 0.6 is 11.3 Å². The van der Waals surface area contributed by atoms with Crippen molar-refractivity contribution in [2.75, 3.05) is 43.9 Å². The first kappa shape index (κ1) is 26.3. The number of methoxy groups -OCH3 is 1. The second kappa shape index (κ2) is 13.0. The number of aliphatic carboxylic acids is 1. The lowest BCUT2D eigenvalue weighted by molar-refractivity contribution is -0.138. The van der Waals surface area contributed by atoms with Crippen molar-refractivity contribution in [2.45, 2.75) is 57.6 Å². The van der Waals surface area contributed by atoms with Gasteiger partial charge in [-0.25, -0.2) is 14.8 Å². The summed E-state index contributed by atoms with van der Waals surface area (Å²) < 4.78 is 6.54. The summed E-state index contributed by atoms with van der Waals surface area (Å²) in [5.41, 5.74) is 3.33. The third kappa shape index (κ3) is 7.38. The number of carboxylic acids is 1. The van der Waals surface area contributed by atoms with E-state index in [1.165, 1.54) is 23.3 Å². The van der Waals surface area contributed by atoms with E-state index in [4.69, 9.17) is 9.72 Å². The predicted octanol–water partition coefficient (Wildman–Crippen LogP) is 4.66. The topological polar surface area (TPSA) is 99.6 Å². The van der Waals surface area contributed by atoms with Crippen LogP contribution in [0.5, 0.6) is 0 Å². The third-order valence-electron chi connectivity index (χ3n) is 6.65. The number of aromatic nitrogens is 2. The van der Waals surface area contributed by atoms with Crippen molar-refractivity contribution >= 4 is 38.5 Å². The van der Waals surface area contributed by atoms with Crippen molar-refractivity contribution in [3.05, 3.63) is 47.7 Å². The maximum Gasteiger partial charge on any atom is 0.326 e. The van der Waals surface area contributed by atoms with Gasteiger partial charge in [0.1, 0.15) is 11.9 Å². The van der Waals surface area contributed by atoms with E-state index in [0.717, 1.165) is 67.0 Å². The van der Waals surface area contributed by atoms with Crippen LogP contribution in [0.3, 0.4) is 0 Å². The summed E-state index contributed by atoms with van der Waals surface area (Å²) in [6.07, 6.45) is 5.84. The number of nitrogens with zero attached hydrogens (tertiary/aromatic N) is 3. The Morgan fingerprint density at radius 1 is 1.22 bits per heavy atom. The first-order valence-electron chi connectivity index (χ1n) is 12.8. The highest BCUT2D eigenvalue weighted by Crippen LogP contribution is 2.26. The molecular weight excluding hydrogens is 474 g/mol. The molecule has 1 aromatic carbocycles. The lowest BCUT2D eigenvalue weighted by Crippen LogP contribution is -2.38. The Hall–Kier alpha value is -2.75. The molecule has 194 valence electrons. The fourth-order valence-corrected chi connectivity index (χ4v) is 5.45. The summed E-state index contributed by atoms with van der Waals surface area (Å²) >= 11 is 1.49. The summed E-state index contributed by atoms with van der Waals surface area (Å²) in [6, 6.07) is 11.5. The van der Waals surface area contributed by atoms with E-state index in [-0.39, 0.29) is 6.10 Å². The normalized spacial score (nSPS) is 14.9. The number of aryl methyl sites for hydroxylation is 2. The smallest absolute Gasteiger partial charge is 0.326 e. The standard InChI is InChI=1S/C27H37N5O3S/c1-19(35-2)18-32(16-6-5-9-21-13-12-20-8-7-15-28-25(20)29-21)17-14-23(26(33)34)31-27-30-22-10-3-4-11-24(22)36-27/h3-4,10-13,19,23H,5-9,14-18H2,1-2H3,(H,28,29)(H,30,31)(H,33,34). The number of pyridine rings is 1. The SMILES string of the molecule is COC(C)CN(CCCCc1ccc2c(n1)NCCC2)CCC(Nc1nc2ccccc2s1)C(=O)O. The van der Waals surface area contributed by atoms with Crippen molar-refractivity contribution in [3.63, 3.8) is 0 Å². The van der Waals surface area contributed by atoms with Crippen LogP contribution < -0.4 is 10.6 Å². The fraction of sp³-hybridized carbons (Fsp3) is 0.519. The van der Waals surface area contributed by atoms with Crippen LogP contribution in [0.2, 0.25) is 0 Å². The maximum atomic E-state index is 12.0. The molecule has 4 rings (SSSR count). The summed E-state index contributed by atoms with van der Waals surface area (Å²) in [6.45, 7) is 5.38. The van der Waals surface area contributed by atoms with Crippen molar-refractivity contribution in [1.82, 2.24) is 14.9 Å². The van der Waals surface area contributed by atoms with E-state index in [1.807, 2.05) is 31.2 Å². The van der Waals surface area contributed by atoms with Crippen LogP contribution in [0.15, 0.2) is 36.4 Å².